The molecule has 1 aliphatic rings. The number of sulfonamides is 1. The minimum atomic E-state index is -3.29. The molecule has 1 aliphatic carbocycles. The molecular formula is C12H24N2O4S. The average Bonchev–Trinajstić information content (AvgIpc) is 2.80. The molecule has 1 saturated carbocycles. The van der Waals surface area contributed by atoms with Crippen LogP contribution in [0.4, 0.5) is 0 Å². The van der Waals surface area contributed by atoms with Crippen molar-refractivity contribution in [3.63, 3.8) is 0 Å². The Kier molecular flexibility index (Phi) is 6.74. The van der Waals surface area contributed by atoms with Crippen molar-refractivity contribution in [3.8, 4) is 0 Å². The summed E-state index contributed by atoms with van der Waals surface area (Å²) in [6.07, 6.45) is 5.74. The lowest BCUT2D eigenvalue weighted by molar-refractivity contribution is -0.121. The number of rotatable bonds is 8. The molecule has 0 bridgehead atoms. The van der Waals surface area contributed by atoms with Crippen molar-refractivity contribution in [1.82, 2.24) is 9.62 Å². The van der Waals surface area contributed by atoms with Gasteiger partial charge >= 0.3 is 0 Å². The number of ether oxygens (including phenoxy) is 1. The van der Waals surface area contributed by atoms with E-state index in [9.17, 15) is 13.2 Å². The van der Waals surface area contributed by atoms with E-state index >= 15 is 0 Å². The van der Waals surface area contributed by atoms with E-state index in [1.165, 1.54) is 11.4 Å². The van der Waals surface area contributed by atoms with Gasteiger partial charge in [-0.1, -0.05) is 12.8 Å². The van der Waals surface area contributed by atoms with E-state index in [0.717, 1.165) is 31.9 Å². The molecule has 0 aromatic rings. The molecule has 1 fully saturated rings. The van der Waals surface area contributed by atoms with Crippen LogP contribution in [0.3, 0.4) is 0 Å². The van der Waals surface area contributed by atoms with Crippen LogP contribution in [0.5, 0.6) is 0 Å². The molecule has 6 nitrogen and oxygen atoms in total. The first-order chi connectivity index (χ1) is 8.93. The number of nitrogens with zero attached hydrogens (tertiary/aromatic N) is 1. The molecule has 112 valence electrons. The lowest BCUT2D eigenvalue weighted by atomic mass is 10.2. The normalized spacial score (nSPS) is 17.0. The first-order valence-electron chi connectivity index (χ1n) is 6.67. The van der Waals surface area contributed by atoms with Gasteiger partial charge in [0.1, 0.15) is 0 Å². The summed E-state index contributed by atoms with van der Waals surface area (Å²) in [5.74, 6) is -0.0713. The smallest absolute Gasteiger partial charge is 0.221 e. The van der Waals surface area contributed by atoms with Gasteiger partial charge in [-0.25, -0.2) is 8.42 Å². The van der Waals surface area contributed by atoms with Gasteiger partial charge < -0.3 is 10.1 Å². The monoisotopic (exact) mass is 292 g/mol. The predicted octanol–water partition coefficient (Wildman–Crippen LogP) is 0.343. The van der Waals surface area contributed by atoms with E-state index in [0.29, 0.717) is 6.61 Å². The first-order valence-corrected chi connectivity index (χ1v) is 8.51. The SMILES string of the molecule is COCCN(CCC(=O)NC1CCCC1)S(C)(=O)=O. The molecule has 0 heterocycles. The van der Waals surface area contributed by atoms with Gasteiger partial charge in [0.2, 0.25) is 15.9 Å². The molecule has 19 heavy (non-hydrogen) atoms. The van der Waals surface area contributed by atoms with Crippen LogP contribution in [0, 0.1) is 0 Å². The maximum Gasteiger partial charge on any atom is 0.221 e. The van der Waals surface area contributed by atoms with Crippen LogP contribution in [0.15, 0.2) is 0 Å². The number of carbonyl (C=O) groups is 1. The van der Waals surface area contributed by atoms with E-state index in [2.05, 4.69) is 5.32 Å². The number of nitrogens with one attached hydrogen (secondary N) is 1. The van der Waals surface area contributed by atoms with Crippen molar-refractivity contribution in [1.29, 1.82) is 0 Å². The lowest BCUT2D eigenvalue weighted by Gasteiger charge is -2.20. The van der Waals surface area contributed by atoms with Gasteiger partial charge in [0.25, 0.3) is 0 Å². The standard InChI is InChI=1S/C12H24N2O4S/c1-18-10-9-14(19(2,16)17)8-7-12(15)13-11-5-3-4-6-11/h11H,3-10H2,1-2H3,(H,13,15). The average molecular weight is 292 g/mol. The molecule has 7 heteroatoms. The van der Waals surface area contributed by atoms with E-state index < -0.39 is 10.0 Å². The van der Waals surface area contributed by atoms with Crippen LogP contribution in [-0.2, 0) is 19.6 Å². The van der Waals surface area contributed by atoms with Gasteiger partial charge in [-0.05, 0) is 12.8 Å². The maximum atomic E-state index is 11.7. The number of methoxy groups -OCH3 is 1. The fraction of sp³-hybridized carbons (Fsp3) is 0.917. The molecule has 0 saturated heterocycles. The second kappa shape index (κ2) is 7.81. The van der Waals surface area contributed by atoms with E-state index in [1.807, 2.05) is 0 Å². The van der Waals surface area contributed by atoms with Crippen molar-refractivity contribution < 1.29 is 17.9 Å². The number of hydrogen-bond donors (Lipinski definition) is 1. The molecule has 0 aromatic carbocycles. The Morgan fingerprint density at radius 1 is 1.32 bits per heavy atom. The summed E-state index contributed by atoms with van der Waals surface area (Å²) < 4.78 is 29.2. The number of amides is 1. The second-order valence-electron chi connectivity index (χ2n) is 4.95. The Labute approximate surface area is 115 Å². The van der Waals surface area contributed by atoms with Gasteiger partial charge in [0.15, 0.2) is 0 Å². The Morgan fingerprint density at radius 2 is 1.95 bits per heavy atom. The van der Waals surface area contributed by atoms with E-state index in [-0.39, 0.29) is 31.5 Å². The minimum Gasteiger partial charge on any atom is -0.383 e. The zero-order chi connectivity index (χ0) is 14.3. The number of carbonyl (C=O) groups excluding carboxylic acids is 1. The van der Waals surface area contributed by atoms with Crippen LogP contribution in [0.1, 0.15) is 32.1 Å². The van der Waals surface area contributed by atoms with Gasteiger partial charge in [0, 0.05) is 32.7 Å². The summed E-state index contributed by atoms with van der Waals surface area (Å²) in [7, 11) is -1.77. The van der Waals surface area contributed by atoms with Crippen LogP contribution in [-0.4, -0.2) is 57.7 Å². The molecule has 0 radical (unpaired) electrons. The van der Waals surface area contributed by atoms with Crippen LogP contribution in [0.25, 0.3) is 0 Å². The molecular weight excluding hydrogens is 268 g/mol. The third kappa shape index (κ3) is 6.35. The zero-order valence-corrected chi connectivity index (χ0v) is 12.5. The summed E-state index contributed by atoms with van der Waals surface area (Å²) in [6, 6.07) is 0.276. The largest absolute Gasteiger partial charge is 0.383 e. The fourth-order valence-corrected chi connectivity index (χ4v) is 3.06. The molecule has 0 unspecified atom stereocenters. The Balaban J connectivity index is 2.35. The highest BCUT2D eigenvalue weighted by atomic mass is 32.2. The van der Waals surface area contributed by atoms with E-state index in [4.69, 9.17) is 4.74 Å². The maximum absolute atomic E-state index is 11.7. The van der Waals surface area contributed by atoms with Crippen molar-refractivity contribution in [2.24, 2.45) is 0 Å². The van der Waals surface area contributed by atoms with Crippen LogP contribution in [0.2, 0.25) is 0 Å². The molecule has 1 amide bonds. The van der Waals surface area contributed by atoms with Crippen LogP contribution >= 0.6 is 0 Å². The second-order valence-corrected chi connectivity index (χ2v) is 6.94. The Hall–Kier alpha value is -0.660. The van der Waals surface area contributed by atoms with Gasteiger partial charge in [-0.2, -0.15) is 4.31 Å². The highest BCUT2D eigenvalue weighted by Gasteiger charge is 2.20. The van der Waals surface area contributed by atoms with E-state index in [1.54, 1.807) is 0 Å². The van der Waals surface area contributed by atoms with Gasteiger partial charge in [0.05, 0.1) is 12.9 Å². The van der Waals surface area contributed by atoms with Crippen molar-refractivity contribution in [2.75, 3.05) is 33.1 Å². The molecule has 0 aliphatic heterocycles. The topological polar surface area (TPSA) is 75.7 Å². The summed E-state index contributed by atoms with van der Waals surface area (Å²) >= 11 is 0. The highest BCUT2D eigenvalue weighted by Crippen LogP contribution is 2.17. The van der Waals surface area contributed by atoms with Crippen molar-refractivity contribution >= 4 is 15.9 Å². The third-order valence-electron chi connectivity index (χ3n) is 3.32. The number of hydrogen-bond acceptors (Lipinski definition) is 4. The van der Waals surface area contributed by atoms with Crippen molar-refractivity contribution in [2.45, 2.75) is 38.1 Å². The summed E-state index contributed by atoms with van der Waals surface area (Å²) in [5.41, 5.74) is 0. The lowest BCUT2D eigenvalue weighted by Crippen LogP contribution is -2.38. The molecule has 1 N–H and O–H groups in total. The molecule has 1 rings (SSSR count). The highest BCUT2D eigenvalue weighted by molar-refractivity contribution is 7.88. The molecule has 0 spiro atoms. The van der Waals surface area contributed by atoms with Gasteiger partial charge in [-0.15, -0.1) is 0 Å². The zero-order valence-electron chi connectivity index (χ0n) is 11.7. The first kappa shape index (κ1) is 16.4. The third-order valence-corrected chi connectivity index (χ3v) is 4.63. The van der Waals surface area contributed by atoms with Gasteiger partial charge in [-0.3, -0.25) is 4.79 Å². The predicted molar refractivity (Wildman–Crippen MR) is 73.3 cm³/mol. The summed E-state index contributed by atoms with van der Waals surface area (Å²) in [6.45, 7) is 0.824. The fourth-order valence-electron chi connectivity index (χ4n) is 2.23. The minimum absolute atomic E-state index is 0.0713. The summed E-state index contributed by atoms with van der Waals surface area (Å²) in [4.78, 5) is 11.7. The Morgan fingerprint density at radius 3 is 2.47 bits per heavy atom. The molecule has 0 aromatic heterocycles. The summed E-state index contributed by atoms with van der Waals surface area (Å²) in [5, 5.41) is 2.95. The molecule has 0 atom stereocenters. The Bertz CT molecular complexity index is 377. The van der Waals surface area contributed by atoms with Crippen LogP contribution < -0.4 is 5.32 Å². The quantitative estimate of drug-likeness (QED) is 0.700. The van der Waals surface area contributed by atoms with Crippen molar-refractivity contribution in [3.05, 3.63) is 0 Å².